The summed E-state index contributed by atoms with van der Waals surface area (Å²) >= 11 is 0. The third kappa shape index (κ3) is 4.52. The zero-order valence-corrected chi connectivity index (χ0v) is 18.3. The van der Waals surface area contributed by atoms with Gasteiger partial charge < -0.3 is 20.1 Å². The molecule has 0 amide bonds. The van der Waals surface area contributed by atoms with E-state index < -0.39 is 11.6 Å². The van der Waals surface area contributed by atoms with Crippen LogP contribution in [0.1, 0.15) is 18.0 Å². The molecule has 1 aromatic heterocycles. The van der Waals surface area contributed by atoms with E-state index in [1.807, 2.05) is 41.0 Å². The lowest BCUT2D eigenvalue weighted by Crippen LogP contribution is -2.45. The number of halogens is 2. The van der Waals surface area contributed by atoms with Crippen molar-refractivity contribution in [3.8, 4) is 0 Å². The van der Waals surface area contributed by atoms with E-state index in [-0.39, 0.29) is 17.2 Å². The summed E-state index contributed by atoms with van der Waals surface area (Å²) < 4.78 is 29.0. The lowest BCUT2D eigenvalue weighted by atomic mass is 9.83. The molecule has 2 N–H and O–H groups in total. The van der Waals surface area contributed by atoms with Gasteiger partial charge >= 0.3 is 0 Å². The predicted octanol–water partition coefficient (Wildman–Crippen LogP) is 4.39. The number of pyridine rings is 1. The van der Waals surface area contributed by atoms with Crippen molar-refractivity contribution in [2.24, 2.45) is 10.9 Å². The number of aromatic nitrogens is 1. The highest BCUT2D eigenvalue weighted by molar-refractivity contribution is 6.04. The molecule has 0 saturated carbocycles. The largest absolute Gasteiger partial charge is 0.326 e. The Morgan fingerprint density at radius 1 is 0.939 bits per heavy atom. The molecule has 2 aliphatic rings. The summed E-state index contributed by atoms with van der Waals surface area (Å²) in [6.45, 7) is 2.60. The topological polar surface area (TPSA) is 61.7 Å². The Morgan fingerprint density at radius 2 is 1.73 bits per heavy atom. The van der Waals surface area contributed by atoms with Crippen molar-refractivity contribution in [2.75, 3.05) is 30.8 Å². The van der Waals surface area contributed by atoms with Gasteiger partial charge in [0.05, 0.1) is 0 Å². The highest BCUT2D eigenvalue weighted by atomic mass is 19.2. The fourth-order valence-electron chi connectivity index (χ4n) is 4.84. The number of rotatable bonds is 3. The first-order valence-electron chi connectivity index (χ1n) is 11.0. The van der Waals surface area contributed by atoms with E-state index in [0.717, 1.165) is 43.0 Å². The van der Waals surface area contributed by atoms with Gasteiger partial charge in [-0.1, -0.05) is 18.2 Å². The second kappa shape index (κ2) is 8.78. The molecule has 2 aromatic carbocycles. The maximum absolute atomic E-state index is 13.7. The average Bonchev–Trinajstić information content (AvgIpc) is 2.79. The van der Waals surface area contributed by atoms with E-state index in [4.69, 9.17) is 0 Å². The smallest absolute Gasteiger partial charge is 0.276 e. The van der Waals surface area contributed by atoms with Crippen LogP contribution in [0.5, 0.6) is 0 Å². The van der Waals surface area contributed by atoms with Crippen molar-refractivity contribution in [3.05, 3.63) is 88.3 Å². The molecule has 0 aliphatic carbocycles. The molecule has 5 rings (SSSR count). The van der Waals surface area contributed by atoms with Crippen molar-refractivity contribution in [1.29, 1.82) is 0 Å². The molecule has 1 saturated heterocycles. The van der Waals surface area contributed by atoms with Gasteiger partial charge in [-0.05, 0) is 55.8 Å². The molecular formula is C25H25F2N5O. The van der Waals surface area contributed by atoms with Crippen LogP contribution in [-0.2, 0) is 6.54 Å². The van der Waals surface area contributed by atoms with Crippen LogP contribution < -0.4 is 16.2 Å². The molecule has 0 unspecified atom stereocenters. The zero-order valence-electron chi connectivity index (χ0n) is 18.3. The van der Waals surface area contributed by atoms with Crippen LogP contribution in [0.4, 0.5) is 25.8 Å². The van der Waals surface area contributed by atoms with Gasteiger partial charge in [0.1, 0.15) is 5.69 Å². The highest BCUT2D eigenvalue weighted by Crippen LogP contribution is 2.35. The van der Waals surface area contributed by atoms with Crippen LogP contribution in [0.2, 0.25) is 0 Å². The summed E-state index contributed by atoms with van der Waals surface area (Å²) in [5.74, 6) is -0.875. The number of hydrogen-bond donors (Lipinski definition) is 2. The van der Waals surface area contributed by atoms with Crippen LogP contribution in [0.15, 0.2) is 70.5 Å². The summed E-state index contributed by atoms with van der Waals surface area (Å²) in [6.07, 6.45) is 1.10. The molecule has 6 nitrogen and oxygen atoms in total. The van der Waals surface area contributed by atoms with Gasteiger partial charge in [0.15, 0.2) is 11.6 Å². The first-order chi connectivity index (χ1) is 16.0. The number of hydrogen-bond acceptors (Lipinski definition) is 3. The van der Waals surface area contributed by atoms with E-state index >= 15 is 0 Å². The summed E-state index contributed by atoms with van der Waals surface area (Å²) in [4.78, 5) is 20.2. The number of aliphatic imine (C=N–C) groups is 1. The second-order valence-corrected chi connectivity index (χ2v) is 8.78. The van der Waals surface area contributed by atoms with Crippen molar-refractivity contribution in [1.82, 2.24) is 9.47 Å². The molecule has 170 valence electrons. The Labute approximate surface area is 190 Å². The van der Waals surface area contributed by atoms with Crippen LogP contribution in [0, 0.1) is 17.6 Å². The van der Waals surface area contributed by atoms with Crippen molar-refractivity contribution in [3.63, 3.8) is 0 Å². The number of nitrogens with one attached hydrogen (secondary N) is 2. The lowest BCUT2D eigenvalue weighted by Gasteiger charge is -2.41. The number of likely N-dealkylation sites (N-methyl/N-ethyl adjacent to an activating group) is 1. The minimum atomic E-state index is -0.968. The molecule has 1 fully saturated rings. The Balaban J connectivity index is 1.51. The van der Waals surface area contributed by atoms with E-state index in [1.165, 1.54) is 6.07 Å². The van der Waals surface area contributed by atoms with E-state index in [0.29, 0.717) is 24.1 Å². The summed E-state index contributed by atoms with van der Waals surface area (Å²) in [5.41, 5.74) is 2.23. The van der Waals surface area contributed by atoms with Crippen LogP contribution >= 0.6 is 0 Å². The Hall–Kier alpha value is -3.52. The van der Waals surface area contributed by atoms with Gasteiger partial charge in [-0.3, -0.25) is 4.79 Å². The van der Waals surface area contributed by atoms with Gasteiger partial charge in [-0.25, -0.2) is 13.8 Å². The number of likely N-dealkylation sites (tertiary alicyclic amines) is 1. The maximum Gasteiger partial charge on any atom is 0.276 e. The van der Waals surface area contributed by atoms with E-state index in [9.17, 15) is 13.6 Å². The minimum Gasteiger partial charge on any atom is -0.326 e. The number of benzene rings is 2. The molecule has 0 radical (unpaired) electrons. The number of para-hydroxylation sites is 1. The second-order valence-electron chi connectivity index (χ2n) is 8.78. The third-order valence-corrected chi connectivity index (χ3v) is 6.22. The molecule has 3 aromatic rings. The van der Waals surface area contributed by atoms with Gasteiger partial charge in [-0.15, -0.1) is 0 Å². The fraction of sp³-hybridized carbons (Fsp3) is 0.280. The SMILES string of the molecule is CN1C[C@H]2C[C@H](C1)c1ccc(N=C(Nc3ccccc3)Nc3ccc(F)c(F)c3)c(=O)n1C2. The number of fused-ring (bicyclic) bond motifs is 4. The van der Waals surface area contributed by atoms with Gasteiger partial charge in [0.25, 0.3) is 5.56 Å². The van der Waals surface area contributed by atoms with E-state index in [1.54, 1.807) is 6.07 Å². The highest BCUT2D eigenvalue weighted by Gasteiger charge is 2.33. The Bertz CT molecular complexity index is 1260. The zero-order chi connectivity index (χ0) is 22.9. The fourth-order valence-corrected chi connectivity index (χ4v) is 4.84. The standard InChI is InChI=1S/C25H25F2N5O/c1-31-13-16-11-17(15-31)23-10-9-22(24(33)32(23)14-16)30-25(28-18-5-3-2-4-6-18)29-19-7-8-20(26)21(27)12-19/h2-10,12,16-17H,11,13-15H2,1H3,(H2,28,29,30)/t16-,17-/m1/s1. The number of guanidine groups is 1. The summed E-state index contributed by atoms with van der Waals surface area (Å²) in [6, 6.07) is 16.5. The van der Waals surface area contributed by atoms with Gasteiger partial charge in [-0.2, -0.15) is 0 Å². The summed E-state index contributed by atoms with van der Waals surface area (Å²) in [5, 5.41) is 6.11. The molecule has 2 bridgehead atoms. The molecular weight excluding hydrogens is 424 g/mol. The quantitative estimate of drug-likeness (QED) is 0.460. The predicted molar refractivity (Wildman–Crippen MR) is 126 cm³/mol. The van der Waals surface area contributed by atoms with Crippen LogP contribution in [0.25, 0.3) is 0 Å². The number of nitrogens with zero attached hydrogens (tertiary/aromatic N) is 3. The van der Waals surface area contributed by atoms with Gasteiger partial charge in [0.2, 0.25) is 5.96 Å². The third-order valence-electron chi connectivity index (χ3n) is 6.22. The van der Waals surface area contributed by atoms with Crippen LogP contribution in [0.3, 0.4) is 0 Å². The van der Waals surface area contributed by atoms with Crippen molar-refractivity contribution < 1.29 is 8.78 Å². The Morgan fingerprint density at radius 3 is 2.52 bits per heavy atom. The van der Waals surface area contributed by atoms with Crippen molar-refractivity contribution >= 4 is 23.0 Å². The average molecular weight is 450 g/mol. The first kappa shape index (κ1) is 21.3. The van der Waals surface area contributed by atoms with Crippen molar-refractivity contribution in [2.45, 2.75) is 18.9 Å². The normalized spacial score (nSPS) is 20.3. The molecule has 8 heteroatoms. The maximum atomic E-state index is 13.7. The number of anilines is 2. The monoisotopic (exact) mass is 449 g/mol. The summed E-state index contributed by atoms with van der Waals surface area (Å²) in [7, 11) is 2.12. The van der Waals surface area contributed by atoms with Gasteiger partial charge in [0, 0.05) is 48.7 Å². The Kier molecular flexibility index (Phi) is 5.68. The first-order valence-corrected chi connectivity index (χ1v) is 11.0. The minimum absolute atomic E-state index is 0.147. The number of piperidine rings is 1. The molecule has 2 aliphatic heterocycles. The molecule has 3 heterocycles. The molecule has 2 atom stereocenters. The van der Waals surface area contributed by atoms with Crippen LogP contribution in [-0.4, -0.2) is 35.6 Å². The van der Waals surface area contributed by atoms with E-state index in [2.05, 4.69) is 27.6 Å². The molecule has 33 heavy (non-hydrogen) atoms. The lowest BCUT2D eigenvalue weighted by molar-refractivity contribution is 0.145. The molecule has 0 spiro atoms.